The van der Waals surface area contributed by atoms with E-state index in [0.29, 0.717) is 0 Å². The first-order valence-corrected chi connectivity index (χ1v) is 11.6. The maximum atomic E-state index is 2.55. The summed E-state index contributed by atoms with van der Waals surface area (Å²) in [6.07, 6.45) is 29.4. The van der Waals surface area contributed by atoms with Crippen LogP contribution in [0.2, 0.25) is 0 Å². The van der Waals surface area contributed by atoms with E-state index in [2.05, 4.69) is 12.2 Å². The Kier molecular flexibility index (Phi) is 6.02. The molecule has 0 aromatic carbocycles. The van der Waals surface area contributed by atoms with Crippen LogP contribution in [0.25, 0.3) is 0 Å². The zero-order valence-corrected chi connectivity index (χ0v) is 15.9. The first-order valence-electron chi connectivity index (χ1n) is 11.6. The van der Waals surface area contributed by atoms with Crippen LogP contribution in [0.4, 0.5) is 0 Å². The van der Waals surface area contributed by atoms with Gasteiger partial charge in [0, 0.05) is 0 Å². The van der Waals surface area contributed by atoms with Crippen molar-refractivity contribution < 1.29 is 0 Å². The number of hydrogen-bond donors (Lipinski definition) is 0. The number of hydrogen-bond acceptors (Lipinski definition) is 0. The standard InChI is InChI=1S/C24H40/c1(3-9-19-15-17-21-11-5-7-13-23(19)21)2-4-10-20-16-18-22-12-6-8-14-24(20)22/h1-2,19-24H,3-18H2. The van der Waals surface area contributed by atoms with Crippen LogP contribution in [-0.2, 0) is 0 Å². The largest absolute Gasteiger partial charge is 0.0885 e. The average Bonchev–Trinajstić information content (AvgIpc) is 3.22. The van der Waals surface area contributed by atoms with E-state index in [0.717, 1.165) is 35.5 Å². The number of rotatable bonds is 6. The van der Waals surface area contributed by atoms with Gasteiger partial charge in [0.15, 0.2) is 0 Å². The lowest BCUT2D eigenvalue weighted by atomic mass is 9.76. The van der Waals surface area contributed by atoms with Crippen molar-refractivity contribution >= 4 is 0 Å². The Morgan fingerprint density at radius 2 is 0.958 bits per heavy atom. The zero-order valence-electron chi connectivity index (χ0n) is 15.9. The molecule has 0 spiro atoms. The second kappa shape index (κ2) is 8.41. The predicted molar refractivity (Wildman–Crippen MR) is 104 cm³/mol. The monoisotopic (exact) mass is 328 g/mol. The van der Waals surface area contributed by atoms with Crippen molar-refractivity contribution in [3.05, 3.63) is 12.2 Å². The van der Waals surface area contributed by atoms with Gasteiger partial charge in [-0.3, -0.25) is 0 Å². The van der Waals surface area contributed by atoms with Crippen molar-refractivity contribution in [3.8, 4) is 0 Å². The zero-order chi connectivity index (χ0) is 16.2. The first kappa shape index (κ1) is 17.2. The highest BCUT2D eigenvalue weighted by molar-refractivity contribution is 4.92. The van der Waals surface area contributed by atoms with E-state index in [9.17, 15) is 0 Å². The van der Waals surface area contributed by atoms with Gasteiger partial charge in [0.2, 0.25) is 0 Å². The highest BCUT2D eigenvalue weighted by Gasteiger charge is 2.37. The molecule has 0 aromatic rings. The van der Waals surface area contributed by atoms with E-state index in [-0.39, 0.29) is 0 Å². The Morgan fingerprint density at radius 1 is 0.500 bits per heavy atom. The minimum Gasteiger partial charge on any atom is -0.0885 e. The van der Waals surface area contributed by atoms with E-state index in [1.54, 1.807) is 51.4 Å². The molecule has 0 aliphatic heterocycles. The average molecular weight is 329 g/mol. The molecule has 4 fully saturated rings. The Bertz CT molecular complexity index is 370. The van der Waals surface area contributed by atoms with Crippen LogP contribution in [0.5, 0.6) is 0 Å². The quantitative estimate of drug-likeness (QED) is 0.442. The molecule has 6 atom stereocenters. The minimum absolute atomic E-state index is 1.08. The summed E-state index contributed by atoms with van der Waals surface area (Å²) < 4.78 is 0. The summed E-state index contributed by atoms with van der Waals surface area (Å²) in [5, 5.41) is 0. The minimum atomic E-state index is 1.08. The van der Waals surface area contributed by atoms with Gasteiger partial charge in [-0.1, -0.05) is 50.7 Å². The molecule has 0 heteroatoms. The van der Waals surface area contributed by atoms with Crippen molar-refractivity contribution in [3.63, 3.8) is 0 Å². The first-order chi connectivity index (χ1) is 11.9. The molecule has 0 amide bonds. The van der Waals surface area contributed by atoms with E-state index in [4.69, 9.17) is 0 Å². The molecule has 0 radical (unpaired) electrons. The summed E-state index contributed by atoms with van der Waals surface area (Å²) in [6, 6.07) is 0. The van der Waals surface area contributed by atoms with Crippen LogP contribution in [0.1, 0.15) is 103 Å². The van der Waals surface area contributed by atoms with E-state index < -0.39 is 0 Å². The number of allylic oxidation sites excluding steroid dienone is 2. The molecular formula is C24H40. The Hall–Kier alpha value is -0.260. The second-order valence-electron chi connectivity index (χ2n) is 9.72. The third-order valence-corrected chi connectivity index (χ3v) is 8.54. The van der Waals surface area contributed by atoms with Crippen molar-refractivity contribution in [1.29, 1.82) is 0 Å². The van der Waals surface area contributed by atoms with Crippen molar-refractivity contribution in [1.82, 2.24) is 0 Å². The van der Waals surface area contributed by atoms with Crippen LogP contribution in [0.15, 0.2) is 12.2 Å². The van der Waals surface area contributed by atoms with Gasteiger partial charge in [0.25, 0.3) is 0 Å². The van der Waals surface area contributed by atoms with Gasteiger partial charge in [-0.05, 0) is 99.7 Å². The summed E-state index contributed by atoms with van der Waals surface area (Å²) >= 11 is 0. The molecule has 0 bridgehead atoms. The lowest BCUT2D eigenvalue weighted by Gasteiger charge is -2.29. The van der Waals surface area contributed by atoms with Gasteiger partial charge in [0.05, 0.1) is 0 Å². The fourth-order valence-electron chi connectivity index (χ4n) is 7.29. The second-order valence-corrected chi connectivity index (χ2v) is 9.72. The molecule has 0 saturated heterocycles. The van der Waals surface area contributed by atoms with Crippen molar-refractivity contribution in [2.24, 2.45) is 35.5 Å². The third-order valence-electron chi connectivity index (χ3n) is 8.54. The molecule has 0 N–H and O–H groups in total. The van der Waals surface area contributed by atoms with Crippen LogP contribution in [0.3, 0.4) is 0 Å². The molecule has 0 heterocycles. The molecule has 4 saturated carbocycles. The highest BCUT2D eigenvalue weighted by Crippen LogP contribution is 2.48. The van der Waals surface area contributed by atoms with Gasteiger partial charge in [-0.15, -0.1) is 0 Å². The van der Waals surface area contributed by atoms with Gasteiger partial charge in [0.1, 0.15) is 0 Å². The Labute approximate surface area is 150 Å². The summed E-state index contributed by atoms with van der Waals surface area (Å²) in [4.78, 5) is 0. The molecule has 4 rings (SSSR count). The Balaban J connectivity index is 1.13. The van der Waals surface area contributed by atoms with Crippen LogP contribution in [-0.4, -0.2) is 0 Å². The molecule has 0 nitrogen and oxygen atoms in total. The fraction of sp³-hybridized carbons (Fsp3) is 0.917. The maximum absolute atomic E-state index is 2.55. The van der Waals surface area contributed by atoms with E-state index >= 15 is 0 Å². The summed E-state index contributed by atoms with van der Waals surface area (Å²) in [5.41, 5.74) is 0. The fourth-order valence-corrected chi connectivity index (χ4v) is 7.29. The Morgan fingerprint density at radius 3 is 1.46 bits per heavy atom. The van der Waals surface area contributed by atoms with Gasteiger partial charge in [-0.2, -0.15) is 0 Å². The maximum Gasteiger partial charge on any atom is -0.0348 e. The molecule has 6 unspecified atom stereocenters. The van der Waals surface area contributed by atoms with Crippen molar-refractivity contribution in [2.45, 2.75) is 103 Å². The van der Waals surface area contributed by atoms with Gasteiger partial charge < -0.3 is 0 Å². The van der Waals surface area contributed by atoms with Gasteiger partial charge in [-0.25, -0.2) is 0 Å². The summed E-state index contributed by atoms with van der Waals surface area (Å²) in [5.74, 6) is 6.65. The van der Waals surface area contributed by atoms with Gasteiger partial charge >= 0.3 is 0 Å². The smallest absolute Gasteiger partial charge is 0.0348 e. The molecule has 24 heavy (non-hydrogen) atoms. The molecular weight excluding hydrogens is 288 g/mol. The van der Waals surface area contributed by atoms with Crippen LogP contribution < -0.4 is 0 Å². The van der Waals surface area contributed by atoms with Crippen LogP contribution in [0, 0.1) is 35.5 Å². The molecule has 0 aromatic heterocycles. The topological polar surface area (TPSA) is 0 Å². The van der Waals surface area contributed by atoms with E-state index in [1.807, 2.05) is 0 Å². The molecule has 4 aliphatic rings. The number of fused-ring (bicyclic) bond motifs is 2. The van der Waals surface area contributed by atoms with Crippen molar-refractivity contribution in [2.75, 3.05) is 0 Å². The SMILES string of the molecule is C(=CCCC1CCC2CCCCC12)CCC1CCC2CCCCC12. The van der Waals surface area contributed by atoms with Crippen LogP contribution >= 0.6 is 0 Å². The predicted octanol–water partition coefficient (Wildman–Crippen LogP) is 7.54. The summed E-state index contributed by atoms with van der Waals surface area (Å²) in [6.45, 7) is 0. The lowest BCUT2D eigenvalue weighted by molar-refractivity contribution is 0.221. The normalized spacial score (nSPS) is 42.3. The summed E-state index contributed by atoms with van der Waals surface area (Å²) in [7, 11) is 0. The third kappa shape index (κ3) is 3.94. The molecule has 136 valence electrons. The lowest BCUT2D eigenvalue weighted by Crippen LogP contribution is -2.19. The highest BCUT2D eigenvalue weighted by atomic mass is 14.4. The van der Waals surface area contributed by atoms with E-state index in [1.165, 1.54) is 51.4 Å². The molecule has 4 aliphatic carbocycles.